The Morgan fingerprint density at radius 3 is 2.81 bits per heavy atom. The highest BCUT2D eigenvalue weighted by molar-refractivity contribution is 5.80. The van der Waals surface area contributed by atoms with E-state index in [9.17, 15) is 4.79 Å². The molecule has 0 aliphatic heterocycles. The summed E-state index contributed by atoms with van der Waals surface area (Å²) in [5.41, 5.74) is -0.778. The fraction of sp³-hybridized carbons (Fsp3) is 0.727. The summed E-state index contributed by atoms with van der Waals surface area (Å²) in [6, 6.07) is 0. The van der Waals surface area contributed by atoms with E-state index in [1.807, 2.05) is 0 Å². The lowest BCUT2D eigenvalue weighted by Crippen LogP contribution is -2.32. The van der Waals surface area contributed by atoms with E-state index in [0.29, 0.717) is 18.3 Å². The number of aromatic nitrogens is 3. The van der Waals surface area contributed by atoms with Crippen LogP contribution in [-0.4, -0.2) is 27.8 Å². The standard InChI is InChI=1S/C11H17N3O2/c1-4-16-10(15)11(2,3)9-12-8(13-14-9)7-5-6-7/h7H,4-6H2,1-3H3,(H,12,13,14). The minimum absolute atomic E-state index is 0.281. The van der Waals surface area contributed by atoms with Gasteiger partial charge in [-0.15, -0.1) is 0 Å². The molecule has 1 heterocycles. The number of hydrogen-bond donors (Lipinski definition) is 1. The molecule has 0 radical (unpaired) electrons. The third-order valence-electron chi connectivity index (χ3n) is 2.81. The summed E-state index contributed by atoms with van der Waals surface area (Å²) in [6.45, 7) is 5.74. The Balaban J connectivity index is 2.16. The predicted octanol–water partition coefficient (Wildman–Crippen LogP) is 1.52. The zero-order chi connectivity index (χ0) is 11.8. The number of rotatable bonds is 4. The van der Waals surface area contributed by atoms with Crippen molar-refractivity contribution in [2.45, 2.75) is 44.9 Å². The van der Waals surface area contributed by atoms with Crippen LogP contribution in [0.4, 0.5) is 0 Å². The highest BCUT2D eigenvalue weighted by atomic mass is 16.5. The molecular formula is C11H17N3O2. The molecule has 1 fully saturated rings. The Bertz CT molecular complexity index is 394. The lowest BCUT2D eigenvalue weighted by Gasteiger charge is -2.18. The number of carbonyl (C=O) groups is 1. The molecule has 1 N–H and O–H groups in total. The lowest BCUT2D eigenvalue weighted by atomic mass is 9.93. The molecule has 1 aliphatic rings. The smallest absolute Gasteiger partial charge is 0.319 e. The van der Waals surface area contributed by atoms with Crippen LogP contribution in [0.1, 0.15) is 51.2 Å². The minimum atomic E-state index is -0.778. The summed E-state index contributed by atoms with van der Waals surface area (Å²) >= 11 is 0. The van der Waals surface area contributed by atoms with Gasteiger partial charge in [-0.3, -0.25) is 9.89 Å². The summed E-state index contributed by atoms with van der Waals surface area (Å²) in [6.07, 6.45) is 2.32. The van der Waals surface area contributed by atoms with E-state index < -0.39 is 5.41 Å². The van der Waals surface area contributed by atoms with Crippen LogP contribution in [-0.2, 0) is 14.9 Å². The van der Waals surface area contributed by atoms with Gasteiger partial charge in [0, 0.05) is 5.92 Å². The molecule has 2 rings (SSSR count). The third-order valence-corrected chi connectivity index (χ3v) is 2.81. The van der Waals surface area contributed by atoms with Crippen molar-refractivity contribution in [3.63, 3.8) is 0 Å². The summed E-state index contributed by atoms with van der Waals surface area (Å²) in [5, 5.41) is 7.02. The van der Waals surface area contributed by atoms with Crippen LogP contribution in [0, 0.1) is 0 Å². The van der Waals surface area contributed by atoms with Crippen molar-refractivity contribution in [1.82, 2.24) is 15.2 Å². The maximum atomic E-state index is 11.7. The van der Waals surface area contributed by atoms with Gasteiger partial charge in [0.15, 0.2) is 5.82 Å². The molecule has 88 valence electrons. The molecule has 0 atom stereocenters. The predicted molar refractivity (Wildman–Crippen MR) is 58.0 cm³/mol. The highest BCUT2D eigenvalue weighted by Crippen LogP contribution is 2.38. The largest absolute Gasteiger partial charge is 0.465 e. The summed E-state index contributed by atoms with van der Waals surface area (Å²) in [4.78, 5) is 16.1. The van der Waals surface area contributed by atoms with E-state index >= 15 is 0 Å². The number of carbonyl (C=O) groups excluding carboxylic acids is 1. The molecule has 0 saturated heterocycles. The van der Waals surface area contributed by atoms with E-state index in [1.54, 1.807) is 20.8 Å². The molecule has 0 bridgehead atoms. The second kappa shape index (κ2) is 3.88. The van der Waals surface area contributed by atoms with Gasteiger partial charge in [-0.1, -0.05) is 0 Å². The number of aromatic amines is 1. The van der Waals surface area contributed by atoms with Gasteiger partial charge in [0.1, 0.15) is 11.2 Å². The monoisotopic (exact) mass is 223 g/mol. The first-order chi connectivity index (χ1) is 7.55. The number of H-pyrrole nitrogens is 1. The Hall–Kier alpha value is -1.39. The van der Waals surface area contributed by atoms with Gasteiger partial charge in [0.2, 0.25) is 0 Å². The summed E-state index contributed by atoms with van der Waals surface area (Å²) in [5.74, 6) is 1.65. The number of nitrogens with zero attached hydrogens (tertiary/aromatic N) is 2. The number of nitrogens with one attached hydrogen (secondary N) is 1. The Morgan fingerprint density at radius 1 is 1.56 bits per heavy atom. The van der Waals surface area contributed by atoms with Crippen LogP contribution in [0.2, 0.25) is 0 Å². The van der Waals surface area contributed by atoms with E-state index in [2.05, 4.69) is 15.2 Å². The first kappa shape index (κ1) is 11.1. The molecule has 5 heteroatoms. The molecule has 0 unspecified atom stereocenters. The zero-order valence-electron chi connectivity index (χ0n) is 9.91. The van der Waals surface area contributed by atoms with E-state index in [4.69, 9.17) is 4.74 Å². The fourth-order valence-electron chi connectivity index (χ4n) is 1.50. The average Bonchev–Trinajstić information content (AvgIpc) is 2.96. The van der Waals surface area contributed by atoms with E-state index in [1.165, 1.54) is 0 Å². The van der Waals surface area contributed by atoms with Crippen molar-refractivity contribution in [3.05, 3.63) is 11.6 Å². The number of ether oxygens (including phenoxy) is 1. The van der Waals surface area contributed by atoms with Gasteiger partial charge in [-0.2, -0.15) is 5.10 Å². The Kier molecular flexibility index (Phi) is 2.69. The number of esters is 1. The molecule has 0 aromatic carbocycles. The molecule has 16 heavy (non-hydrogen) atoms. The normalized spacial score (nSPS) is 16.2. The second-order valence-electron chi connectivity index (χ2n) is 4.66. The van der Waals surface area contributed by atoms with Crippen molar-refractivity contribution in [1.29, 1.82) is 0 Å². The van der Waals surface area contributed by atoms with Crippen molar-refractivity contribution < 1.29 is 9.53 Å². The quantitative estimate of drug-likeness (QED) is 0.786. The maximum Gasteiger partial charge on any atom is 0.319 e. The van der Waals surface area contributed by atoms with Crippen LogP contribution >= 0.6 is 0 Å². The van der Waals surface area contributed by atoms with Crippen LogP contribution < -0.4 is 0 Å². The highest BCUT2D eigenvalue weighted by Gasteiger charge is 2.37. The molecule has 0 spiro atoms. The van der Waals surface area contributed by atoms with Crippen LogP contribution in [0.25, 0.3) is 0 Å². The molecule has 0 amide bonds. The minimum Gasteiger partial charge on any atom is -0.465 e. The SMILES string of the molecule is CCOC(=O)C(C)(C)c1n[nH]c(C2CC2)n1. The summed E-state index contributed by atoms with van der Waals surface area (Å²) in [7, 11) is 0. The van der Waals surface area contributed by atoms with Gasteiger partial charge in [0.05, 0.1) is 6.61 Å². The van der Waals surface area contributed by atoms with Crippen LogP contribution in [0.5, 0.6) is 0 Å². The topological polar surface area (TPSA) is 67.9 Å². The third kappa shape index (κ3) is 1.94. The molecule has 1 saturated carbocycles. The lowest BCUT2D eigenvalue weighted by molar-refractivity contribution is -0.149. The van der Waals surface area contributed by atoms with Gasteiger partial charge < -0.3 is 4.74 Å². The summed E-state index contributed by atoms with van der Waals surface area (Å²) < 4.78 is 5.01. The molecule has 5 nitrogen and oxygen atoms in total. The average molecular weight is 223 g/mol. The van der Waals surface area contributed by atoms with Crippen molar-refractivity contribution in [3.8, 4) is 0 Å². The fourth-order valence-corrected chi connectivity index (χ4v) is 1.50. The Morgan fingerprint density at radius 2 is 2.25 bits per heavy atom. The zero-order valence-corrected chi connectivity index (χ0v) is 9.91. The van der Waals surface area contributed by atoms with E-state index in [0.717, 1.165) is 18.7 Å². The molecule has 1 aromatic rings. The van der Waals surface area contributed by atoms with Crippen molar-refractivity contribution >= 4 is 5.97 Å². The van der Waals surface area contributed by atoms with Gasteiger partial charge >= 0.3 is 5.97 Å². The first-order valence-electron chi connectivity index (χ1n) is 5.65. The molecule has 1 aromatic heterocycles. The van der Waals surface area contributed by atoms with Gasteiger partial charge in [0.25, 0.3) is 0 Å². The maximum absolute atomic E-state index is 11.7. The van der Waals surface area contributed by atoms with Crippen molar-refractivity contribution in [2.24, 2.45) is 0 Å². The van der Waals surface area contributed by atoms with Crippen LogP contribution in [0.15, 0.2) is 0 Å². The van der Waals surface area contributed by atoms with E-state index in [-0.39, 0.29) is 5.97 Å². The molecule has 1 aliphatic carbocycles. The molecular weight excluding hydrogens is 206 g/mol. The van der Waals surface area contributed by atoms with Gasteiger partial charge in [-0.05, 0) is 33.6 Å². The van der Waals surface area contributed by atoms with Crippen molar-refractivity contribution in [2.75, 3.05) is 6.61 Å². The number of hydrogen-bond acceptors (Lipinski definition) is 4. The van der Waals surface area contributed by atoms with Crippen LogP contribution in [0.3, 0.4) is 0 Å². The Labute approximate surface area is 94.6 Å². The first-order valence-corrected chi connectivity index (χ1v) is 5.65. The second-order valence-corrected chi connectivity index (χ2v) is 4.66. The van der Waals surface area contributed by atoms with Gasteiger partial charge in [-0.25, -0.2) is 4.98 Å².